The average Bonchev–Trinajstić information content (AvgIpc) is 3.42. The van der Waals surface area contributed by atoms with Gasteiger partial charge in [0.15, 0.2) is 5.50 Å². The van der Waals surface area contributed by atoms with Gasteiger partial charge in [-0.3, -0.25) is 4.79 Å². The molecule has 1 N–H and O–H groups in total. The molecule has 0 spiro atoms. The summed E-state index contributed by atoms with van der Waals surface area (Å²) >= 11 is 13.8. The first kappa shape index (κ1) is 23.4. The molecule has 4 nitrogen and oxygen atoms in total. The number of halogens is 2. The third-order valence-corrected chi connectivity index (χ3v) is 8.38. The fourth-order valence-corrected chi connectivity index (χ4v) is 6.22. The summed E-state index contributed by atoms with van der Waals surface area (Å²) in [5.74, 6) is 1.85. The molecule has 3 atom stereocenters. The molecule has 176 valence electrons. The summed E-state index contributed by atoms with van der Waals surface area (Å²) in [6, 6.07) is 19.4. The van der Waals surface area contributed by atoms with Gasteiger partial charge in [-0.05, 0) is 61.2 Å². The Morgan fingerprint density at radius 1 is 1.03 bits per heavy atom. The van der Waals surface area contributed by atoms with E-state index in [4.69, 9.17) is 27.6 Å². The molecule has 0 radical (unpaired) electrons. The lowest BCUT2D eigenvalue weighted by Crippen LogP contribution is -2.48. The van der Waals surface area contributed by atoms with Crippen molar-refractivity contribution in [2.24, 2.45) is 5.92 Å². The van der Waals surface area contributed by atoms with E-state index in [1.54, 1.807) is 23.9 Å². The summed E-state index contributed by atoms with van der Waals surface area (Å²) in [6.45, 7) is 2.26. The number of amides is 1. The van der Waals surface area contributed by atoms with Crippen molar-refractivity contribution >= 4 is 52.6 Å². The van der Waals surface area contributed by atoms with Gasteiger partial charge in [0.05, 0.1) is 15.0 Å². The smallest absolute Gasteiger partial charge is 0.263 e. The summed E-state index contributed by atoms with van der Waals surface area (Å²) in [5.41, 5.74) is 1.68. The maximum atomic E-state index is 13.6. The van der Waals surface area contributed by atoms with Crippen molar-refractivity contribution in [1.29, 1.82) is 0 Å². The van der Waals surface area contributed by atoms with Gasteiger partial charge in [-0.2, -0.15) is 0 Å². The van der Waals surface area contributed by atoms with E-state index in [2.05, 4.69) is 17.1 Å². The molecule has 1 aliphatic heterocycles. The molecule has 5 rings (SSSR count). The molecule has 34 heavy (non-hydrogen) atoms. The van der Waals surface area contributed by atoms with E-state index in [1.165, 1.54) is 6.42 Å². The molecule has 2 fully saturated rings. The fourth-order valence-electron chi connectivity index (χ4n) is 4.73. The summed E-state index contributed by atoms with van der Waals surface area (Å²) in [5, 5.41) is 4.54. The molecule has 1 saturated carbocycles. The third-order valence-electron chi connectivity index (χ3n) is 6.53. The van der Waals surface area contributed by atoms with E-state index < -0.39 is 0 Å². The highest BCUT2D eigenvalue weighted by molar-refractivity contribution is 8.05. The van der Waals surface area contributed by atoms with Crippen LogP contribution in [0.3, 0.4) is 0 Å². The Kier molecular flexibility index (Phi) is 6.96. The number of benzene rings is 2. The van der Waals surface area contributed by atoms with Gasteiger partial charge in [0.25, 0.3) is 5.91 Å². The van der Waals surface area contributed by atoms with Gasteiger partial charge in [-0.25, -0.2) is 0 Å². The van der Waals surface area contributed by atoms with Crippen LogP contribution in [0.5, 0.6) is 0 Å². The van der Waals surface area contributed by atoms with Crippen LogP contribution < -0.4 is 5.32 Å². The van der Waals surface area contributed by atoms with Crippen molar-refractivity contribution in [3.63, 3.8) is 0 Å². The highest BCUT2D eigenvalue weighted by Gasteiger charge is 2.43. The zero-order valence-electron chi connectivity index (χ0n) is 18.8. The molecule has 1 amide bonds. The number of carbonyl (C=O) groups excluding carboxylic acids is 1. The molecule has 0 bridgehead atoms. The Bertz CT molecular complexity index is 1210. The number of thioether (sulfide) groups is 1. The van der Waals surface area contributed by atoms with Gasteiger partial charge in [0.1, 0.15) is 11.5 Å². The maximum Gasteiger partial charge on any atom is 0.263 e. The standard InChI is InChI=1S/C27H26Cl2N2O2S/c1-17-7-5-6-10-23(17)31-26(32)25(34-27(31)30-19-8-3-2-4-9-19)16-20-12-14-24(33-20)18-11-13-21(28)22(29)15-18/h2-4,8-9,11-17,23,27,30H,5-7,10H2,1H3/b25-16-/t17-,23-,27?/m0/s1. The van der Waals surface area contributed by atoms with Gasteiger partial charge < -0.3 is 14.6 Å². The summed E-state index contributed by atoms with van der Waals surface area (Å²) < 4.78 is 6.05. The van der Waals surface area contributed by atoms with E-state index in [0.717, 1.165) is 30.5 Å². The number of hydrogen-bond acceptors (Lipinski definition) is 4. The van der Waals surface area contributed by atoms with Gasteiger partial charge in [-0.1, -0.05) is 72.9 Å². The Balaban J connectivity index is 1.43. The molecule has 2 heterocycles. The number of carbonyl (C=O) groups is 1. The highest BCUT2D eigenvalue weighted by Crippen LogP contribution is 2.42. The number of furan rings is 1. The molecule has 2 aromatic carbocycles. The summed E-state index contributed by atoms with van der Waals surface area (Å²) in [6.07, 6.45) is 6.43. The van der Waals surface area contributed by atoms with Crippen LogP contribution in [0.4, 0.5) is 5.69 Å². The minimum absolute atomic E-state index is 0.0599. The van der Waals surface area contributed by atoms with E-state index in [1.807, 2.05) is 54.6 Å². The van der Waals surface area contributed by atoms with E-state index in [0.29, 0.717) is 32.4 Å². The van der Waals surface area contributed by atoms with Crippen molar-refractivity contribution in [2.45, 2.75) is 44.1 Å². The predicted octanol–water partition coefficient (Wildman–Crippen LogP) is 8.14. The second-order valence-corrected chi connectivity index (χ2v) is 10.8. The molecule has 1 unspecified atom stereocenters. The first-order valence-electron chi connectivity index (χ1n) is 11.6. The minimum atomic E-state index is -0.156. The largest absolute Gasteiger partial charge is 0.457 e. The molecular formula is C27H26Cl2N2O2S. The van der Waals surface area contributed by atoms with Crippen molar-refractivity contribution in [1.82, 2.24) is 4.90 Å². The molecule has 7 heteroatoms. The first-order chi connectivity index (χ1) is 16.5. The second kappa shape index (κ2) is 10.1. The highest BCUT2D eigenvalue weighted by atomic mass is 35.5. The third kappa shape index (κ3) is 4.88. The topological polar surface area (TPSA) is 45.5 Å². The minimum Gasteiger partial charge on any atom is -0.457 e. The molecule has 2 aliphatic rings. The zero-order valence-corrected chi connectivity index (χ0v) is 21.2. The normalized spacial score (nSPS) is 24.1. The number of nitrogens with one attached hydrogen (secondary N) is 1. The van der Waals surface area contributed by atoms with Crippen LogP contribution in [0.25, 0.3) is 17.4 Å². The van der Waals surface area contributed by atoms with E-state index >= 15 is 0 Å². The molecule has 1 aromatic heterocycles. The lowest BCUT2D eigenvalue weighted by Gasteiger charge is -2.39. The summed E-state index contributed by atoms with van der Waals surface area (Å²) in [7, 11) is 0. The predicted molar refractivity (Wildman–Crippen MR) is 142 cm³/mol. The van der Waals surface area contributed by atoms with Crippen molar-refractivity contribution < 1.29 is 9.21 Å². The number of para-hydroxylation sites is 1. The monoisotopic (exact) mass is 512 g/mol. The lowest BCUT2D eigenvalue weighted by atomic mass is 9.85. The Hall–Kier alpha value is -2.34. The second-order valence-electron chi connectivity index (χ2n) is 8.86. The van der Waals surface area contributed by atoms with E-state index in [9.17, 15) is 4.79 Å². The number of rotatable bonds is 5. The SMILES string of the molecule is C[C@H]1CCCC[C@@H]1N1C(=O)/C(=C/c2ccc(-c3ccc(Cl)c(Cl)c3)o2)SC1Nc1ccccc1. The van der Waals surface area contributed by atoms with Gasteiger partial charge in [0.2, 0.25) is 0 Å². The average molecular weight is 513 g/mol. The fraction of sp³-hybridized carbons (Fsp3) is 0.296. The van der Waals surface area contributed by atoms with Crippen LogP contribution in [-0.2, 0) is 4.79 Å². The first-order valence-corrected chi connectivity index (χ1v) is 13.2. The lowest BCUT2D eigenvalue weighted by molar-refractivity contribution is -0.129. The van der Waals surface area contributed by atoms with Crippen LogP contribution in [0, 0.1) is 5.92 Å². The van der Waals surface area contributed by atoms with Gasteiger partial charge >= 0.3 is 0 Å². The summed E-state index contributed by atoms with van der Waals surface area (Å²) in [4.78, 5) is 16.4. The van der Waals surface area contributed by atoms with Crippen LogP contribution in [0.2, 0.25) is 10.0 Å². The molecule has 3 aromatic rings. The van der Waals surface area contributed by atoms with Crippen LogP contribution in [-0.4, -0.2) is 22.3 Å². The van der Waals surface area contributed by atoms with Gasteiger partial charge in [0, 0.05) is 23.4 Å². The number of hydrogen-bond donors (Lipinski definition) is 1. The van der Waals surface area contributed by atoms with Crippen LogP contribution in [0.1, 0.15) is 38.4 Å². The Morgan fingerprint density at radius 2 is 1.82 bits per heavy atom. The quantitative estimate of drug-likeness (QED) is 0.350. The van der Waals surface area contributed by atoms with Gasteiger partial charge in [-0.15, -0.1) is 0 Å². The number of nitrogens with zero attached hydrogens (tertiary/aromatic N) is 1. The maximum absolute atomic E-state index is 13.6. The van der Waals surface area contributed by atoms with Crippen molar-refractivity contribution in [2.75, 3.05) is 5.32 Å². The van der Waals surface area contributed by atoms with Crippen LogP contribution in [0.15, 0.2) is 70.0 Å². The van der Waals surface area contributed by atoms with Crippen LogP contribution >= 0.6 is 35.0 Å². The Labute approximate surface area is 214 Å². The number of anilines is 1. The van der Waals surface area contributed by atoms with Crippen molar-refractivity contribution in [3.8, 4) is 11.3 Å². The molecule has 1 aliphatic carbocycles. The van der Waals surface area contributed by atoms with Crippen molar-refractivity contribution in [3.05, 3.63) is 81.4 Å². The van der Waals surface area contributed by atoms with E-state index in [-0.39, 0.29) is 17.4 Å². The Morgan fingerprint density at radius 3 is 2.59 bits per heavy atom. The zero-order chi connectivity index (χ0) is 23.7. The molecule has 1 saturated heterocycles. The molecular weight excluding hydrogens is 487 g/mol.